The molecule has 2 aliphatic heterocycles. The predicted molar refractivity (Wildman–Crippen MR) is 94.7 cm³/mol. The standard InChI is InChI=1S/C17H26N4O3S/c1-19(2)25(23,24)21-10-4-7-17(14-21)8-6-16(22)20(13-17)12-15-5-3-9-18-11-15/h3,5,9,11H,4,6-8,10,12-14H2,1-2H3/t17-/m1/s1. The van der Waals surface area contributed by atoms with E-state index in [9.17, 15) is 13.2 Å². The van der Waals surface area contributed by atoms with Gasteiger partial charge < -0.3 is 4.90 Å². The summed E-state index contributed by atoms with van der Waals surface area (Å²) in [6.45, 7) is 2.19. The monoisotopic (exact) mass is 366 g/mol. The topological polar surface area (TPSA) is 73.8 Å². The first-order chi connectivity index (χ1) is 11.8. The van der Waals surface area contributed by atoms with Gasteiger partial charge in [-0.05, 0) is 30.9 Å². The molecule has 8 heteroatoms. The van der Waals surface area contributed by atoms with E-state index in [2.05, 4.69) is 4.98 Å². The fraction of sp³-hybridized carbons (Fsp3) is 0.647. The quantitative estimate of drug-likeness (QED) is 0.800. The molecule has 1 aromatic rings. The summed E-state index contributed by atoms with van der Waals surface area (Å²) in [6, 6.07) is 3.83. The number of nitrogens with zero attached hydrogens (tertiary/aromatic N) is 4. The van der Waals surface area contributed by atoms with Crippen LogP contribution in [0, 0.1) is 5.41 Å². The van der Waals surface area contributed by atoms with Crippen LogP contribution in [-0.2, 0) is 21.5 Å². The maximum absolute atomic E-state index is 12.5. The zero-order valence-electron chi connectivity index (χ0n) is 14.9. The molecule has 0 saturated carbocycles. The van der Waals surface area contributed by atoms with Crippen molar-refractivity contribution in [3.05, 3.63) is 30.1 Å². The second kappa shape index (κ2) is 7.01. The SMILES string of the molecule is CN(C)S(=O)(=O)N1CCC[C@]2(CCC(=O)N(Cc3cccnc3)C2)C1. The first-order valence-electron chi connectivity index (χ1n) is 8.67. The maximum Gasteiger partial charge on any atom is 0.281 e. The third-order valence-electron chi connectivity index (χ3n) is 5.26. The van der Waals surface area contributed by atoms with Crippen LogP contribution in [0.4, 0.5) is 0 Å². The Kier molecular flexibility index (Phi) is 5.13. The van der Waals surface area contributed by atoms with Crippen molar-refractivity contribution in [3.63, 3.8) is 0 Å². The second-order valence-corrected chi connectivity index (χ2v) is 9.48. The number of hydrogen-bond acceptors (Lipinski definition) is 4. The summed E-state index contributed by atoms with van der Waals surface area (Å²) in [5, 5.41) is 0. The van der Waals surface area contributed by atoms with E-state index in [4.69, 9.17) is 0 Å². The van der Waals surface area contributed by atoms with Crippen LogP contribution in [0.5, 0.6) is 0 Å². The number of piperidine rings is 2. The summed E-state index contributed by atoms with van der Waals surface area (Å²) < 4.78 is 27.9. The van der Waals surface area contributed by atoms with Crippen LogP contribution in [0.1, 0.15) is 31.2 Å². The largest absolute Gasteiger partial charge is 0.338 e. The summed E-state index contributed by atoms with van der Waals surface area (Å²) in [4.78, 5) is 18.4. The van der Waals surface area contributed by atoms with Gasteiger partial charge in [0.15, 0.2) is 0 Å². The molecule has 2 aliphatic rings. The highest BCUT2D eigenvalue weighted by Crippen LogP contribution is 2.40. The smallest absolute Gasteiger partial charge is 0.281 e. The van der Waals surface area contributed by atoms with E-state index in [0.717, 1.165) is 24.8 Å². The van der Waals surface area contributed by atoms with Gasteiger partial charge in [-0.3, -0.25) is 9.78 Å². The molecule has 138 valence electrons. The Morgan fingerprint density at radius 2 is 2.08 bits per heavy atom. The van der Waals surface area contributed by atoms with E-state index in [1.165, 1.54) is 4.31 Å². The molecule has 3 rings (SSSR count). The van der Waals surface area contributed by atoms with Crippen LogP contribution in [0.15, 0.2) is 24.5 Å². The second-order valence-electron chi connectivity index (χ2n) is 7.34. The molecule has 0 bridgehead atoms. The lowest BCUT2D eigenvalue weighted by molar-refractivity contribution is -0.139. The van der Waals surface area contributed by atoms with Crippen molar-refractivity contribution < 1.29 is 13.2 Å². The number of aromatic nitrogens is 1. The van der Waals surface area contributed by atoms with E-state index >= 15 is 0 Å². The van der Waals surface area contributed by atoms with Gasteiger partial charge in [-0.1, -0.05) is 6.07 Å². The molecular weight excluding hydrogens is 340 g/mol. The average molecular weight is 366 g/mol. The number of likely N-dealkylation sites (tertiary alicyclic amines) is 1. The molecule has 1 aromatic heterocycles. The molecule has 2 fully saturated rings. The van der Waals surface area contributed by atoms with Gasteiger partial charge in [-0.25, -0.2) is 0 Å². The highest BCUT2D eigenvalue weighted by molar-refractivity contribution is 7.86. The Hall–Kier alpha value is -1.51. The average Bonchev–Trinajstić information content (AvgIpc) is 2.59. The van der Waals surface area contributed by atoms with Gasteiger partial charge in [0.25, 0.3) is 10.2 Å². The van der Waals surface area contributed by atoms with Crippen molar-refractivity contribution in [1.82, 2.24) is 18.5 Å². The van der Waals surface area contributed by atoms with Crippen LogP contribution >= 0.6 is 0 Å². The third kappa shape index (κ3) is 3.86. The third-order valence-corrected chi connectivity index (χ3v) is 7.15. The molecule has 7 nitrogen and oxygen atoms in total. The van der Waals surface area contributed by atoms with Crippen LogP contribution in [0.2, 0.25) is 0 Å². The zero-order chi connectivity index (χ0) is 18.1. The van der Waals surface area contributed by atoms with E-state index in [1.54, 1.807) is 30.8 Å². The van der Waals surface area contributed by atoms with Gasteiger partial charge in [-0.2, -0.15) is 17.0 Å². The summed E-state index contributed by atoms with van der Waals surface area (Å²) in [7, 11) is -0.282. The molecular formula is C17H26N4O3S. The molecule has 0 radical (unpaired) electrons. The first kappa shape index (κ1) is 18.3. The Labute approximate surface area is 149 Å². The van der Waals surface area contributed by atoms with E-state index in [-0.39, 0.29) is 11.3 Å². The lowest BCUT2D eigenvalue weighted by atomic mass is 9.74. The Morgan fingerprint density at radius 1 is 1.28 bits per heavy atom. The predicted octanol–water partition coefficient (Wildman–Crippen LogP) is 1.09. The van der Waals surface area contributed by atoms with Crippen LogP contribution in [0.3, 0.4) is 0 Å². The van der Waals surface area contributed by atoms with E-state index in [1.807, 2.05) is 17.0 Å². The van der Waals surface area contributed by atoms with Crippen molar-refractivity contribution in [2.75, 3.05) is 33.7 Å². The Balaban J connectivity index is 1.76. The van der Waals surface area contributed by atoms with Crippen molar-refractivity contribution in [2.45, 2.75) is 32.2 Å². The first-order valence-corrected chi connectivity index (χ1v) is 10.1. The minimum atomic E-state index is -3.41. The van der Waals surface area contributed by atoms with Gasteiger partial charge in [0.2, 0.25) is 5.91 Å². The Bertz CT molecular complexity index is 723. The van der Waals surface area contributed by atoms with E-state index < -0.39 is 10.2 Å². The number of carbonyl (C=O) groups excluding carboxylic acids is 1. The number of amides is 1. The normalized spacial score (nSPS) is 25.7. The highest BCUT2D eigenvalue weighted by atomic mass is 32.2. The Morgan fingerprint density at radius 3 is 2.76 bits per heavy atom. The number of pyridine rings is 1. The molecule has 0 unspecified atom stereocenters. The van der Waals surface area contributed by atoms with Crippen LogP contribution in [-0.4, -0.2) is 66.5 Å². The number of carbonyl (C=O) groups is 1. The van der Waals surface area contributed by atoms with Gasteiger partial charge in [0.1, 0.15) is 0 Å². The van der Waals surface area contributed by atoms with Crippen LogP contribution < -0.4 is 0 Å². The molecule has 0 aliphatic carbocycles. The maximum atomic E-state index is 12.5. The summed E-state index contributed by atoms with van der Waals surface area (Å²) in [5.41, 5.74) is 0.860. The van der Waals surface area contributed by atoms with Gasteiger partial charge in [0, 0.05) is 64.5 Å². The lowest BCUT2D eigenvalue weighted by Gasteiger charge is -2.48. The fourth-order valence-corrected chi connectivity index (χ4v) is 5.14. The lowest BCUT2D eigenvalue weighted by Crippen LogP contribution is -2.56. The van der Waals surface area contributed by atoms with Crippen molar-refractivity contribution >= 4 is 16.1 Å². The van der Waals surface area contributed by atoms with Crippen molar-refractivity contribution in [3.8, 4) is 0 Å². The van der Waals surface area contributed by atoms with Crippen molar-refractivity contribution in [1.29, 1.82) is 0 Å². The minimum absolute atomic E-state index is 0.141. The van der Waals surface area contributed by atoms with E-state index in [0.29, 0.717) is 32.6 Å². The molecule has 3 heterocycles. The molecule has 1 spiro atoms. The van der Waals surface area contributed by atoms with Crippen LogP contribution in [0.25, 0.3) is 0 Å². The summed E-state index contributed by atoms with van der Waals surface area (Å²) in [5.74, 6) is 0.141. The number of rotatable bonds is 4. The van der Waals surface area contributed by atoms with Crippen molar-refractivity contribution in [2.24, 2.45) is 5.41 Å². The number of hydrogen-bond donors (Lipinski definition) is 0. The van der Waals surface area contributed by atoms with Gasteiger partial charge in [-0.15, -0.1) is 0 Å². The zero-order valence-corrected chi connectivity index (χ0v) is 15.7. The molecule has 0 N–H and O–H groups in total. The van der Waals surface area contributed by atoms with Gasteiger partial charge >= 0.3 is 0 Å². The molecule has 1 atom stereocenters. The molecule has 2 saturated heterocycles. The summed E-state index contributed by atoms with van der Waals surface area (Å²) >= 11 is 0. The molecule has 0 aromatic carbocycles. The minimum Gasteiger partial charge on any atom is -0.338 e. The fourth-order valence-electron chi connectivity index (χ4n) is 3.88. The van der Waals surface area contributed by atoms with Gasteiger partial charge in [0.05, 0.1) is 0 Å². The molecule has 1 amide bonds. The highest BCUT2D eigenvalue weighted by Gasteiger charge is 2.44. The summed E-state index contributed by atoms with van der Waals surface area (Å²) in [6.07, 6.45) is 6.53. The molecule has 25 heavy (non-hydrogen) atoms.